The van der Waals surface area contributed by atoms with Crippen molar-refractivity contribution < 1.29 is 14.6 Å². The highest BCUT2D eigenvalue weighted by Crippen LogP contribution is 2.00. The lowest BCUT2D eigenvalue weighted by atomic mass is 10.1. The summed E-state index contributed by atoms with van der Waals surface area (Å²) < 4.78 is 5.23. The van der Waals surface area contributed by atoms with E-state index in [9.17, 15) is 9.90 Å². The molecular formula is C16H23NO3. The Morgan fingerprint density at radius 2 is 2.05 bits per heavy atom. The van der Waals surface area contributed by atoms with E-state index in [-0.39, 0.29) is 25.0 Å². The lowest BCUT2D eigenvalue weighted by Gasteiger charge is -2.14. The van der Waals surface area contributed by atoms with E-state index in [4.69, 9.17) is 4.74 Å². The molecule has 4 nitrogen and oxygen atoms in total. The first-order valence-corrected chi connectivity index (χ1v) is 6.83. The minimum absolute atomic E-state index is 0.00391. The molecule has 0 aromatic heterocycles. The number of aliphatic hydroxyl groups is 1. The van der Waals surface area contributed by atoms with E-state index in [0.29, 0.717) is 6.61 Å². The van der Waals surface area contributed by atoms with Crippen molar-refractivity contribution in [2.24, 2.45) is 5.92 Å². The van der Waals surface area contributed by atoms with Gasteiger partial charge in [0.2, 0.25) is 5.91 Å². The first-order valence-electron chi connectivity index (χ1n) is 6.83. The van der Waals surface area contributed by atoms with Crippen LogP contribution in [0.2, 0.25) is 0 Å². The quantitative estimate of drug-likeness (QED) is 0.713. The maximum Gasteiger partial charge on any atom is 0.246 e. The number of hydrogen-bond donors (Lipinski definition) is 2. The number of aliphatic hydroxyl groups excluding tert-OH is 1. The molecule has 0 fully saturated rings. The lowest BCUT2D eigenvalue weighted by Crippen LogP contribution is -2.36. The molecule has 0 saturated carbocycles. The number of rotatable bonds is 8. The Kier molecular flexibility index (Phi) is 7.62. The average Bonchev–Trinajstić information content (AvgIpc) is 2.45. The van der Waals surface area contributed by atoms with Gasteiger partial charge in [0, 0.05) is 6.54 Å². The van der Waals surface area contributed by atoms with Crippen LogP contribution in [0.25, 0.3) is 6.08 Å². The molecule has 1 amide bonds. The molecule has 0 radical (unpaired) electrons. The largest absolute Gasteiger partial charge is 0.391 e. The molecule has 1 unspecified atom stereocenters. The van der Waals surface area contributed by atoms with Crippen LogP contribution in [0.3, 0.4) is 0 Å². The second-order valence-corrected chi connectivity index (χ2v) is 4.94. The van der Waals surface area contributed by atoms with Gasteiger partial charge in [0.25, 0.3) is 0 Å². The van der Waals surface area contributed by atoms with E-state index in [2.05, 4.69) is 5.32 Å². The van der Waals surface area contributed by atoms with Crippen molar-refractivity contribution in [3.63, 3.8) is 0 Å². The molecule has 2 N–H and O–H groups in total. The molecule has 0 aliphatic heterocycles. The number of benzene rings is 1. The third-order valence-electron chi connectivity index (χ3n) is 2.84. The number of ether oxygens (including phenoxy) is 1. The fourth-order valence-electron chi connectivity index (χ4n) is 1.47. The second kappa shape index (κ2) is 9.28. The van der Waals surface area contributed by atoms with Gasteiger partial charge >= 0.3 is 0 Å². The topological polar surface area (TPSA) is 58.6 Å². The van der Waals surface area contributed by atoms with Gasteiger partial charge in [0.05, 0.1) is 12.7 Å². The van der Waals surface area contributed by atoms with Crippen molar-refractivity contribution in [1.82, 2.24) is 5.32 Å². The van der Waals surface area contributed by atoms with Crippen LogP contribution >= 0.6 is 0 Å². The maximum atomic E-state index is 11.4. The Morgan fingerprint density at radius 3 is 2.70 bits per heavy atom. The molecule has 1 atom stereocenters. The summed E-state index contributed by atoms with van der Waals surface area (Å²) >= 11 is 0. The third-order valence-corrected chi connectivity index (χ3v) is 2.84. The lowest BCUT2D eigenvalue weighted by molar-refractivity contribution is -0.125. The minimum Gasteiger partial charge on any atom is -0.391 e. The fourth-order valence-corrected chi connectivity index (χ4v) is 1.47. The van der Waals surface area contributed by atoms with E-state index < -0.39 is 6.10 Å². The molecule has 1 aromatic rings. The molecule has 0 aliphatic carbocycles. The highest BCUT2D eigenvalue weighted by Gasteiger charge is 2.10. The van der Waals surface area contributed by atoms with Crippen molar-refractivity contribution in [3.8, 4) is 0 Å². The monoisotopic (exact) mass is 277 g/mol. The number of amides is 1. The Bertz CT molecular complexity index is 415. The normalized spacial score (nSPS) is 12.8. The van der Waals surface area contributed by atoms with Gasteiger partial charge in [-0.2, -0.15) is 0 Å². The minimum atomic E-state index is -0.517. The molecule has 20 heavy (non-hydrogen) atoms. The summed E-state index contributed by atoms with van der Waals surface area (Å²) in [5, 5.41) is 12.2. The average molecular weight is 277 g/mol. The first kappa shape index (κ1) is 16.4. The van der Waals surface area contributed by atoms with Crippen molar-refractivity contribution in [2.75, 3.05) is 19.8 Å². The molecule has 1 aromatic carbocycles. The summed E-state index contributed by atoms with van der Waals surface area (Å²) in [6, 6.07) is 9.89. The van der Waals surface area contributed by atoms with Crippen LogP contribution in [0.4, 0.5) is 0 Å². The Hall–Kier alpha value is -1.65. The predicted octanol–water partition coefficient (Wildman–Crippen LogP) is 1.85. The summed E-state index contributed by atoms with van der Waals surface area (Å²) in [4.78, 5) is 11.4. The van der Waals surface area contributed by atoms with Crippen LogP contribution in [0, 0.1) is 5.92 Å². The van der Waals surface area contributed by atoms with Gasteiger partial charge in [-0.3, -0.25) is 4.79 Å². The second-order valence-electron chi connectivity index (χ2n) is 4.94. The third kappa shape index (κ3) is 7.07. The molecular weight excluding hydrogens is 254 g/mol. The predicted molar refractivity (Wildman–Crippen MR) is 80.1 cm³/mol. The number of nitrogens with one attached hydrogen (secondary N) is 1. The summed E-state index contributed by atoms with van der Waals surface area (Å²) in [6.45, 7) is 4.46. The zero-order valence-electron chi connectivity index (χ0n) is 12.1. The molecule has 110 valence electrons. The number of hydrogen-bond acceptors (Lipinski definition) is 3. The molecule has 1 rings (SSSR count). The van der Waals surface area contributed by atoms with Gasteiger partial charge < -0.3 is 15.2 Å². The van der Waals surface area contributed by atoms with Crippen LogP contribution in [-0.2, 0) is 9.53 Å². The van der Waals surface area contributed by atoms with Crippen molar-refractivity contribution in [2.45, 2.75) is 20.0 Å². The van der Waals surface area contributed by atoms with Crippen molar-refractivity contribution in [3.05, 3.63) is 42.0 Å². The van der Waals surface area contributed by atoms with Crippen LogP contribution in [0.1, 0.15) is 19.4 Å². The Balaban J connectivity index is 2.12. The van der Waals surface area contributed by atoms with E-state index in [1.807, 2.05) is 56.3 Å². The van der Waals surface area contributed by atoms with Crippen LogP contribution in [0.5, 0.6) is 0 Å². The number of carbonyl (C=O) groups is 1. The van der Waals surface area contributed by atoms with E-state index in [0.717, 1.165) is 5.56 Å². The Labute approximate surface area is 120 Å². The fraction of sp³-hybridized carbons (Fsp3) is 0.438. The van der Waals surface area contributed by atoms with E-state index >= 15 is 0 Å². The maximum absolute atomic E-state index is 11.4. The molecule has 0 saturated heterocycles. The van der Waals surface area contributed by atoms with E-state index in [1.54, 1.807) is 0 Å². The van der Waals surface area contributed by atoms with Gasteiger partial charge in [0.15, 0.2) is 0 Å². The highest BCUT2D eigenvalue weighted by atomic mass is 16.5. The molecule has 0 spiro atoms. The van der Waals surface area contributed by atoms with Crippen LogP contribution < -0.4 is 5.32 Å². The smallest absolute Gasteiger partial charge is 0.246 e. The standard InChI is InChI=1S/C16H23NO3/c1-13(2)15(18)11-17-16(19)12-20-10-6-9-14-7-4-3-5-8-14/h3-9,13,15,18H,10-12H2,1-2H3,(H,17,19)/b9-6+. The molecule has 0 aliphatic rings. The summed E-state index contributed by atoms with van der Waals surface area (Å²) in [7, 11) is 0. The summed E-state index contributed by atoms with van der Waals surface area (Å²) in [6.07, 6.45) is 3.29. The van der Waals surface area contributed by atoms with Crippen molar-refractivity contribution >= 4 is 12.0 Å². The van der Waals surface area contributed by atoms with Crippen molar-refractivity contribution in [1.29, 1.82) is 0 Å². The van der Waals surface area contributed by atoms with E-state index in [1.165, 1.54) is 0 Å². The van der Waals surface area contributed by atoms with Gasteiger partial charge in [-0.15, -0.1) is 0 Å². The van der Waals surface area contributed by atoms with Gasteiger partial charge in [0.1, 0.15) is 6.61 Å². The molecule has 4 heteroatoms. The molecule has 0 heterocycles. The molecule has 0 bridgehead atoms. The highest BCUT2D eigenvalue weighted by molar-refractivity contribution is 5.77. The number of carbonyl (C=O) groups excluding carboxylic acids is 1. The first-order chi connectivity index (χ1) is 9.59. The van der Waals surface area contributed by atoms with Crippen LogP contribution in [-0.4, -0.2) is 36.9 Å². The summed E-state index contributed by atoms with van der Waals surface area (Å²) in [5.41, 5.74) is 1.10. The summed E-state index contributed by atoms with van der Waals surface area (Å²) in [5.74, 6) is -0.0807. The van der Waals surface area contributed by atoms with Gasteiger partial charge in [-0.05, 0) is 11.5 Å². The Morgan fingerprint density at radius 1 is 1.35 bits per heavy atom. The zero-order valence-corrected chi connectivity index (χ0v) is 12.1. The van der Waals surface area contributed by atoms with Gasteiger partial charge in [-0.1, -0.05) is 56.3 Å². The SMILES string of the molecule is CC(C)C(O)CNC(=O)COC/C=C/c1ccccc1. The zero-order chi connectivity index (χ0) is 14.8. The van der Waals surface area contributed by atoms with Gasteiger partial charge in [-0.25, -0.2) is 0 Å². The van der Waals surface area contributed by atoms with Crippen LogP contribution in [0.15, 0.2) is 36.4 Å².